The molecule has 1 aliphatic heterocycles. The third-order valence-electron chi connectivity index (χ3n) is 5.87. The quantitative estimate of drug-likeness (QED) is 0.900. The third-order valence-corrected chi connectivity index (χ3v) is 8.27. The van der Waals surface area contributed by atoms with E-state index in [-0.39, 0.29) is 10.8 Å². The molecule has 23 heavy (non-hydrogen) atoms. The van der Waals surface area contributed by atoms with E-state index in [4.69, 9.17) is 5.73 Å². The van der Waals surface area contributed by atoms with Gasteiger partial charge in [0.2, 0.25) is 10.0 Å². The predicted octanol–water partition coefficient (Wildman–Crippen LogP) is 2.47. The molecule has 2 saturated carbocycles. The summed E-state index contributed by atoms with van der Waals surface area (Å²) in [6.45, 7) is 1.38. The second-order valence-corrected chi connectivity index (χ2v) is 9.90. The van der Waals surface area contributed by atoms with E-state index in [0.29, 0.717) is 24.9 Å². The number of piperidine rings is 1. The first-order valence-electron chi connectivity index (χ1n) is 8.82. The Kier molecular flexibility index (Phi) is 3.78. The van der Waals surface area contributed by atoms with Gasteiger partial charge in [-0.2, -0.15) is 0 Å². The highest BCUT2D eigenvalue weighted by Gasteiger charge is 2.52. The molecule has 2 unspecified atom stereocenters. The molecule has 3 fully saturated rings. The number of hydrogen-bond donors (Lipinski definition) is 1. The van der Waals surface area contributed by atoms with Crippen molar-refractivity contribution in [3.05, 3.63) is 35.9 Å². The van der Waals surface area contributed by atoms with Gasteiger partial charge in [-0.25, -0.2) is 12.7 Å². The van der Waals surface area contributed by atoms with Crippen LogP contribution in [0.4, 0.5) is 0 Å². The van der Waals surface area contributed by atoms with E-state index in [1.165, 1.54) is 5.56 Å². The molecule has 1 heterocycles. The molecule has 2 N–H and O–H groups in total. The maximum atomic E-state index is 12.3. The summed E-state index contributed by atoms with van der Waals surface area (Å²) in [7, 11) is -2.99. The lowest BCUT2D eigenvalue weighted by atomic mass is 9.88. The van der Waals surface area contributed by atoms with Gasteiger partial charge in [-0.3, -0.25) is 0 Å². The van der Waals surface area contributed by atoms with Crippen molar-refractivity contribution in [2.45, 2.75) is 55.2 Å². The summed E-state index contributed by atoms with van der Waals surface area (Å²) in [4.78, 5) is 0. The molecule has 0 aromatic heterocycles. The molecule has 1 aromatic carbocycles. The van der Waals surface area contributed by atoms with E-state index in [2.05, 4.69) is 24.3 Å². The van der Waals surface area contributed by atoms with E-state index in [9.17, 15) is 8.42 Å². The Morgan fingerprint density at radius 1 is 1.09 bits per heavy atom. The summed E-state index contributed by atoms with van der Waals surface area (Å²) in [5.41, 5.74) is 7.89. The van der Waals surface area contributed by atoms with Crippen LogP contribution in [0.3, 0.4) is 0 Å². The van der Waals surface area contributed by atoms with Gasteiger partial charge in [-0.05, 0) is 50.0 Å². The molecular formula is C18H26N2O2S. The molecule has 0 spiro atoms. The van der Waals surface area contributed by atoms with Crippen molar-refractivity contribution in [3.8, 4) is 0 Å². The molecule has 1 aromatic rings. The molecule has 0 radical (unpaired) electrons. The smallest absolute Gasteiger partial charge is 0.216 e. The van der Waals surface area contributed by atoms with E-state index >= 15 is 0 Å². The largest absolute Gasteiger partial charge is 0.325 e. The average Bonchev–Trinajstić information content (AvgIpc) is 3.45. The summed E-state index contributed by atoms with van der Waals surface area (Å²) in [5.74, 6) is 1.05. The van der Waals surface area contributed by atoms with Crippen molar-refractivity contribution in [3.63, 3.8) is 0 Å². The monoisotopic (exact) mass is 334 g/mol. The second-order valence-electron chi connectivity index (χ2n) is 7.69. The van der Waals surface area contributed by atoms with Crippen molar-refractivity contribution >= 4 is 10.0 Å². The summed E-state index contributed by atoms with van der Waals surface area (Å²) >= 11 is 0. The molecule has 126 valence electrons. The summed E-state index contributed by atoms with van der Waals surface area (Å²) < 4.78 is 26.3. The van der Waals surface area contributed by atoms with Crippen LogP contribution in [0.25, 0.3) is 0 Å². The van der Waals surface area contributed by atoms with Gasteiger partial charge >= 0.3 is 0 Å². The van der Waals surface area contributed by atoms with Crippen LogP contribution in [0.2, 0.25) is 0 Å². The van der Waals surface area contributed by atoms with Crippen molar-refractivity contribution in [2.75, 3.05) is 13.1 Å². The fourth-order valence-electron chi connectivity index (χ4n) is 4.16. The number of nitrogens with zero attached hydrogens (tertiary/aromatic N) is 1. The van der Waals surface area contributed by atoms with Gasteiger partial charge in [-0.1, -0.05) is 30.3 Å². The zero-order chi connectivity index (χ0) is 16.1. The van der Waals surface area contributed by atoms with Crippen LogP contribution < -0.4 is 5.73 Å². The molecule has 3 aliphatic rings. The molecule has 0 amide bonds. The van der Waals surface area contributed by atoms with E-state index in [1.54, 1.807) is 4.31 Å². The highest BCUT2D eigenvalue weighted by molar-refractivity contribution is 7.90. The Bertz CT molecular complexity index is 664. The number of sulfonamides is 1. The van der Waals surface area contributed by atoms with E-state index in [0.717, 1.165) is 38.5 Å². The Hall–Kier alpha value is -0.910. The van der Waals surface area contributed by atoms with Gasteiger partial charge in [0, 0.05) is 24.5 Å². The van der Waals surface area contributed by atoms with Gasteiger partial charge in [0.05, 0.1) is 5.25 Å². The van der Waals surface area contributed by atoms with Gasteiger partial charge in [0.25, 0.3) is 0 Å². The standard InChI is InChI=1S/C18H26N2O2S/c19-18(13-17(18)15-4-2-1-3-5-15)12-14-8-10-20(11-9-14)23(21,22)16-6-7-16/h1-5,14,16-17H,6-13,19H2. The molecule has 0 bridgehead atoms. The molecule has 4 nitrogen and oxygen atoms in total. The van der Waals surface area contributed by atoms with Gasteiger partial charge in [-0.15, -0.1) is 0 Å². The fraction of sp³-hybridized carbons (Fsp3) is 0.667. The lowest BCUT2D eigenvalue weighted by molar-refractivity contribution is 0.248. The third kappa shape index (κ3) is 3.06. The Morgan fingerprint density at radius 2 is 1.74 bits per heavy atom. The minimum absolute atomic E-state index is 0.0659. The molecular weight excluding hydrogens is 308 g/mol. The topological polar surface area (TPSA) is 63.4 Å². The maximum absolute atomic E-state index is 12.3. The van der Waals surface area contributed by atoms with Crippen LogP contribution in [-0.2, 0) is 10.0 Å². The minimum Gasteiger partial charge on any atom is -0.325 e. The van der Waals surface area contributed by atoms with Crippen LogP contribution in [-0.4, -0.2) is 36.6 Å². The predicted molar refractivity (Wildman–Crippen MR) is 91.6 cm³/mol. The van der Waals surface area contributed by atoms with E-state index in [1.807, 2.05) is 6.07 Å². The second kappa shape index (κ2) is 5.57. The van der Waals surface area contributed by atoms with Crippen LogP contribution >= 0.6 is 0 Å². The number of hydrogen-bond acceptors (Lipinski definition) is 3. The van der Waals surface area contributed by atoms with Crippen LogP contribution in [0.15, 0.2) is 30.3 Å². The molecule has 1 saturated heterocycles. The average molecular weight is 334 g/mol. The highest BCUT2D eigenvalue weighted by Crippen LogP contribution is 2.53. The highest BCUT2D eigenvalue weighted by atomic mass is 32.2. The zero-order valence-electron chi connectivity index (χ0n) is 13.5. The first-order chi connectivity index (χ1) is 11.0. The Labute approximate surface area is 139 Å². The van der Waals surface area contributed by atoms with Crippen LogP contribution in [0.1, 0.15) is 50.0 Å². The molecule has 2 atom stereocenters. The lowest BCUT2D eigenvalue weighted by Crippen LogP contribution is -2.41. The Morgan fingerprint density at radius 3 is 2.35 bits per heavy atom. The molecule has 2 aliphatic carbocycles. The number of rotatable bonds is 5. The zero-order valence-corrected chi connectivity index (χ0v) is 14.3. The summed E-state index contributed by atoms with van der Waals surface area (Å²) in [5, 5.41) is -0.0780. The van der Waals surface area contributed by atoms with Crippen LogP contribution in [0.5, 0.6) is 0 Å². The molecule has 5 heteroatoms. The number of nitrogens with two attached hydrogens (primary N) is 1. The van der Waals surface area contributed by atoms with Gasteiger partial charge in [0.15, 0.2) is 0 Å². The fourth-order valence-corrected chi connectivity index (χ4v) is 6.04. The van der Waals surface area contributed by atoms with Gasteiger partial charge in [0.1, 0.15) is 0 Å². The van der Waals surface area contributed by atoms with Crippen molar-refractivity contribution in [2.24, 2.45) is 11.7 Å². The maximum Gasteiger partial charge on any atom is 0.216 e. The number of benzene rings is 1. The normalized spacial score (nSPS) is 32.8. The molecule has 4 rings (SSSR count). The summed E-state index contributed by atoms with van der Waals surface area (Å²) in [6, 6.07) is 10.5. The lowest BCUT2D eigenvalue weighted by Gasteiger charge is -2.32. The minimum atomic E-state index is -2.99. The van der Waals surface area contributed by atoms with Crippen LogP contribution in [0, 0.1) is 5.92 Å². The first kappa shape index (κ1) is 15.6. The Balaban J connectivity index is 1.32. The van der Waals surface area contributed by atoms with Crippen molar-refractivity contribution < 1.29 is 8.42 Å². The van der Waals surface area contributed by atoms with E-state index < -0.39 is 10.0 Å². The van der Waals surface area contributed by atoms with Crippen molar-refractivity contribution in [1.29, 1.82) is 0 Å². The first-order valence-corrected chi connectivity index (χ1v) is 10.3. The van der Waals surface area contributed by atoms with Crippen molar-refractivity contribution in [1.82, 2.24) is 4.31 Å². The van der Waals surface area contributed by atoms with Gasteiger partial charge < -0.3 is 5.73 Å². The SMILES string of the molecule is NC1(CC2CCN(S(=O)(=O)C3CC3)CC2)CC1c1ccccc1. The summed E-state index contributed by atoms with van der Waals surface area (Å²) in [6.07, 6.45) is 5.74.